The average Bonchev–Trinajstić information content (AvgIpc) is 2.02. The van der Waals surface area contributed by atoms with Gasteiger partial charge in [-0.3, -0.25) is 4.79 Å². The first kappa shape index (κ1) is 15.9. The van der Waals surface area contributed by atoms with Gasteiger partial charge in [0, 0.05) is 5.54 Å². The largest absolute Gasteiger partial charge is 0.346 e. The predicted octanol–water partition coefficient (Wildman–Crippen LogP) is 1.62. The molecule has 84 valence electrons. The number of nitrogens with two attached hydrogens (primary N) is 1. The molecule has 3 N–H and O–H groups in total. The minimum Gasteiger partial charge on any atom is -0.346 e. The van der Waals surface area contributed by atoms with Gasteiger partial charge in [-0.1, -0.05) is 13.5 Å². The number of nitrogens with one attached hydrogen (secondary N) is 1. The first-order valence-corrected chi connectivity index (χ1v) is 4.50. The molecule has 0 saturated carbocycles. The van der Waals surface area contributed by atoms with Gasteiger partial charge < -0.3 is 11.1 Å². The molecule has 0 aromatic carbocycles. The van der Waals surface area contributed by atoms with Crippen molar-refractivity contribution in [3.63, 3.8) is 0 Å². The Bertz CT molecular complexity index is 211. The summed E-state index contributed by atoms with van der Waals surface area (Å²) in [6.45, 7) is 11.2. The van der Waals surface area contributed by atoms with Crippen molar-refractivity contribution in [3.8, 4) is 0 Å². The molecule has 0 bridgehead atoms. The van der Waals surface area contributed by atoms with Crippen molar-refractivity contribution < 1.29 is 4.79 Å². The summed E-state index contributed by atoms with van der Waals surface area (Å²) in [5.41, 5.74) is 5.14. The van der Waals surface area contributed by atoms with Crippen LogP contribution < -0.4 is 11.1 Å². The fourth-order valence-corrected chi connectivity index (χ4v) is 1.03. The lowest BCUT2D eigenvalue weighted by Gasteiger charge is -2.41. The molecular weight excluding hydrogens is 200 g/mol. The van der Waals surface area contributed by atoms with Gasteiger partial charge in [0.25, 0.3) is 0 Å². The molecule has 0 aromatic heterocycles. The fourth-order valence-electron chi connectivity index (χ4n) is 1.03. The van der Waals surface area contributed by atoms with E-state index >= 15 is 0 Å². The molecule has 0 aromatic rings. The Kier molecular flexibility index (Phi) is 6.10. The Balaban J connectivity index is 0. The molecule has 1 amide bonds. The number of hydrogen-bond donors (Lipinski definition) is 2. The molecule has 0 aliphatic rings. The summed E-state index contributed by atoms with van der Waals surface area (Å²) >= 11 is 0. The summed E-state index contributed by atoms with van der Waals surface area (Å²) in [5, 5.41) is 2.85. The van der Waals surface area contributed by atoms with Gasteiger partial charge in [-0.05, 0) is 33.3 Å². The second-order valence-corrected chi connectivity index (χ2v) is 4.10. The number of amides is 1. The van der Waals surface area contributed by atoms with Crippen molar-refractivity contribution in [3.05, 3.63) is 12.7 Å². The molecule has 0 saturated heterocycles. The average molecular weight is 221 g/mol. The summed E-state index contributed by atoms with van der Waals surface area (Å²) in [5.74, 6) is -0.178. The molecular formula is C10H21ClN2O. The number of hydrogen-bond acceptors (Lipinski definition) is 2. The number of rotatable bonds is 4. The van der Waals surface area contributed by atoms with Gasteiger partial charge in [-0.15, -0.1) is 12.4 Å². The van der Waals surface area contributed by atoms with Gasteiger partial charge in [-0.2, -0.15) is 0 Å². The number of carbonyl (C=O) groups is 1. The van der Waals surface area contributed by atoms with Crippen LogP contribution in [0.1, 0.15) is 34.1 Å². The maximum absolute atomic E-state index is 11.1. The van der Waals surface area contributed by atoms with Crippen LogP contribution in [-0.4, -0.2) is 17.0 Å². The monoisotopic (exact) mass is 220 g/mol. The molecule has 0 radical (unpaired) electrons. The standard InChI is InChI=1S/C10H20N2O.ClH/c1-6-8(13)12-10(5,7-2)9(3,4)11;/h6H,1,7,11H2,2-5H3,(H,12,13);1H. The lowest BCUT2D eigenvalue weighted by molar-refractivity contribution is -0.119. The summed E-state index contributed by atoms with van der Waals surface area (Å²) < 4.78 is 0. The Hall–Kier alpha value is -0.540. The Labute approximate surface area is 92.5 Å². The highest BCUT2D eigenvalue weighted by molar-refractivity contribution is 5.87. The fraction of sp³-hybridized carbons (Fsp3) is 0.700. The predicted molar refractivity (Wildman–Crippen MR) is 62.6 cm³/mol. The first-order valence-electron chi connectivity index (χ1n) is 4.50. The third-order valence-electron chi connectivity index (χ3n) is 2.71. The van der Waals surface area contributed by atoms with Crippen LogP contribution in [0.5, 0.6) is 0 Å². The van der Waals surface area contributed by atoms with Gasteiger partial charge in [0.1, 0.15) is 0 Å². The van der Waals surface area contributed by atoms with E-state index in [0.29, 0.717) is 0 Å². The van der Waals surface area contributed by atoms with Gasteiger partial charge in [0.05, 0.1) is 5.54 Å². The quantitative estimate of drug-likeness (QED) is 0.708. The summed E-state index contributed by atoms with van der Waals surface area (Å²) in [6.07, 6.45) is 2.05. The Morgan fingerprint density at radius 2 is 1.93 bits per heavy atom. The maximum Gasteiger partial charge on any atom is 0.243 e. The van der Waals surface area contributed by atoms with Crippen molar-refractivity contribution in [2.75, 3.05) is 0 Å². The highest BCUT2D eigenvalue weighted by Gasteiger charge is 2.37. The molecule has 0 spiro atoms. The van der Waals surface area contributed by atoms with Crippen molar-refractivity contribution in [2.24, 2.45) is 5.73 Å². The lowest BCUT2D eigenvalue weighted by atomic mass is 9.79. The molecule has 1 atom stereocenters. The Morgan fingerprint density at radius 1 is 1.50 bits per heavy atom. The van der Waals surface area contributed by atoms with E-state index in [-0.39, 0.29) is 18.3 Å². The van der Waals surface area contributed by atoms with Gasteiger partial charge in [0.15, 0.2) is 0 Å². The van der Waals surface area contributed by atoms with Gasteiger partial charge >= 0.3 is 0 Å². The summed E-state index contributed by atoms with van der Waals surface area (Å²) in [7, 11) is 0. The minimum absolute atomic E-state index is 0. The summed E-state index contributed by atoms with van der Waals surface area (Å²) in [6, 6.07) is 0. The van der Waals surface area contributed by atoms with E-state index in [0.717, 1.165) is 6.42 Å². The van der Waals surface area contributed by atoms with E-state index in [4.69, 9.17) is 5.73 Å². The van der Waals surface area contributed by atoms with Gasteiger partial charge in [0.2, 0.25) is 5.91 Å². The molecule has 4 heteroatoms. The zero-order chi connectivity index (χ0) is 10.7. The van der Waals surface area contributed by atoms with Crippen LogP contribution in [0.4, 0.5) is 0 Å². The van der Waals surface area contributed by atoms with Crippen LogP contribution >= 0.6 is 12.4 Å². The topological polar surface area (TPSA) is 55.1 Å². The molecule has 0 fully saturated rings. The van der Waals surface area contributed by atoms with E-state index in [2.05, 4.69) is 11.9 Å². The first-order chi connectivity index (χ1) is 5.77. The molecule has 0 aliphatic carbocycles. The smallest absolute Gasteiger partial charge is 0.243 e. The van der Waals surface area contributed by atoms with Crippen molar-refractivity contribution in [1.29, 1.82) is 0 Å². The highest BCUT2D eigenvalue weighted by atomic mass is 35.5. The molecule has 1 unspecified atom stereocenters. The van der Waals surface area contributed by atoms with Crippen LogP contribution in [0.3, 0.4) is 0 Å². The molecule has 0 rings (SSSR count). The third-order valence-corrected chi connectivity index (χ3v) is 2.71. The second-order valence-electron chi connectivity index (χ2n) is 4.10. The van der Waals surface area contributed by atoms with Crippen LogP contribution in [0.25, 0.3) is 0 Å². The molecule has 3 nitrogen and oxygen atoms in total. The lowest BCUT2D eigenvalue weighted by Crippen LogP contribution is -2.63. The zero-order valence-electron chi connectivity index (χ0n) is 9.39. The molecule has 0 aliphatic heterocycles. The van der Waals surface area contributed by atoms with Crippen LogP contribution in [0, 0.1) is 0 Å². The SMILES string of the molecule is C=CC(=O)NC(C)(CC)C(C)(C)N.Cl. The normalized spacial score (nSPS) is 14.9. The summed E-state index contributed by atoms with van der Waals surface area (Å²) in [4.78, 5) is 11.1. The molecule has 14 heavy (non-hydrogen) atoms. The van der Waals surface area contributed by atoms with Crippen LogP contribution in [-0.2, 0) is 4.79 Å². The highest BCUT2D eigenvalue weighted by Crippen LogP contribution is 2.22. The number of carbonyl (C=O) groups excluding carboxylic acids is 1. The number of halogens is 1. The van der Waals surface area contributed by atoms with Gasteiger partial charge in [-0.25, -0.2) is 0 Å². The Morgan fingerprint density at radius 3 is 2.14 bits per heavy atom. The van der Waals surface area contributed by atoms with E-state index in [1.807, 2.05) is 27.7 Å². The van der Waals surface area contributed by atoms with Crippen molar-refractivity contribution >= 4 is 18.3 Å². The second kappa shape index (κ2) is 5.37. The van der Waals surface area contributed by atoms with Crippen LogP contribution in [0.15, 0.2) is 12.7 Å². The van der Waals surface area contributed by atoms with Crippen molar-refractivity contribution in [2.45, 2.75) is 45.2 Å². The molecule has 0 heterocycles. The van der Waals surface area contributed by atoms with E-state index < -0.39 is 11.1 Å². The maximum atomic E-state index is 11.1. The zero-order valence-corrected chi connectivity index (χ0v) is 10.2. The van der Waals surface area contributed by atoms with Crippen LogP contribution in [0.2, 0.25) is 0 Å². The minimum atomic E-state index is -0.444. The van der Waals surface area contributed by atoms with E-state index in [9.17, 15) is 4.79 Å². The third kappa shape index (κ3) is 3.68. The van der Waals surface area contributed by atoms with E-state index in [1.165, 1.54) is 6.08 Å². The van der Waals surface area contributed by atoms with E-state index in [1.54, 1.807) is 0 Å². The van der Waals surface area contributed by atoms with Crippen molar-refractivity contribution in [1.82, 2.24) is 5.32 Å².